The number of benzene rings is 4. The van der Waals surface area contributed by atoms with Crippen LogP contribution in [0.3, 0.4) is 0 Å². The maximum atomic E-state index is 13.9. The van der Waals surface area contributed by atoms with Gasteiger partial charge in [-0.15, -0.1) is 0 Å². The van der Waals surface area contributed by atoms with Crippen LogP contribution >= 0.6 is 34.2 Å². The number of urea groups is 1. The first-order valence-electron chi connectivity index (χ1n) is 13.0. The summed E-state index contributed by atoms with van der Waals surface area (Å²) in [7, 11) is 1.51. The lowest BCUT2D eigenvalue weighted by Gasteiger charge is -2.35. The summed E-state index contributed by atoms with van der Waals surface area (Å²) in [4.78, 5) is 43.7. The van der Waals surface area contributed by atoms with E-state index in [2.05, 4.69) is 22.6 Å². The highest BCUT2D eigenvalue weighted by Gasteiger charge is 2.44. The molecule has 7 nitrogen and oxygen atoms in total. The molecule has 1 heterocycles. The van der Waals surface area contributed by atoms with Gasteiger partial charge in [0.05, 0.1) is 22.1 Å². The number of hydrogen-bond donors (Lipinski definition) is 0. The van der Waals surface area contributed by atoms with Crippen molar-refractivity contribution in [1.82, 2.24) is 0 Å². The average Bonchev–Trinajstić information content (AvgIpc) is 2.97. The third kappa shape index (κ3) is 5.64. The van der Waals surface area contributed by atoms with Gasteiger partial charge in [0.25, 0.3) is 11.8 Å². The van der Waals surface area contributed by atoms with Gasteiger partial charge in [-0.05, 0) is 89.5 Å². The van der Waals surface area contributed by atoms with Gasteiger partial charge in [0, 0.05) is 10.6 Å². The van der Waals surface area contributed by atoms with Gasteiger partial charge < -0.3 is 9.47 Å². The predicted octanol–water partition coefficient (Wildman–Crippen LogP) is 7.73. The Balaban J connectivity index is 1.58. The summed E-state index contributed by atoms with van der Waals surface area (Å²) in [5, 5.41) is 0.591. The Bertz CT molecular complexity index is 1680. The zero-order valence-electron chi connectivity index (χ0n) is 23.1. The number of carbonyl (C=O) groups is 3. The predicted molar refractivity (Wildman–Crippen MR) is 172 cm³/mol. The molecule has 0 radical (unpaired) electrons. The average molecular weight is 693 g/mol. The fraction of sp³-hybridized carbons (Fsp3) is 0.121. The van der Waals surface area contributed by atoms with Crippen LogP contribution in [0.2, 0.25) is 5.02 Å². The molecule has 0 spiro atoms. The molecule has 1 aliphatic heterocycles. The van der Waals surface area contributed by atoms with Crippen molar-refractivity contribution >= 4 is 69.5 Å². The van der Waals surface area contributed by atoms with E-state index in [1.807, 2.05) is 56.3 Å². The molecule has 0 N–H and O–H groups in total. The van der Waals surface area contributed by atoms with Crippen LogP contribution in [-0.4, -0.2) is 25.0 Å². The molecule has 5 rings (SSSR count). The molecular weight excluding hydrogens is 667 g/mol. The van der Waals surface area contributed by atoms with Gasteiger partial charge >= 0.3 is 6.03 Å². The van der Waals surface area contributed by atoms with E-state index in [4.69, 9.17) is 21.1 Å². The lowest BCUT2D eigenvalue weighted by atomic mass is 10.0. The Kier molecular flexibility index (Phi) is 8.65. The molecule has 1 aliphatic rings. The van der Waals surface area contributed by atoms with E-state index in [1.165, 1.54) is 13.2 Å². The summed E-state index contributed by atoms with van der Waals surface area (Å²) in [6, 6.07) is 24.3. The minimum atomic E-state index is -0.735. The largest absolute Gasteiger partial charge is 0.493 e. The molecule has 0 saturated carbocycles. The number of para-hydroxylation sites is 2. The number of amides is 4. The molecule has 212 valence electrons. The van der Waals surface area contributed by atoms with Crippen molar-refractivity contribution in [3.8, 4) is 11.5 Å². The molecule has 0 unspecified atom stereocenters. The van der Waals surface area contributed by atoms with Crippen LogP contribution in [-0.2, 0) is 16.2 Å². The molecule has 0 bridgehead atoms. The van der Waals surface area contributed by atoms with E-state index in [9.17, 15) is 14.4 Å². The Morgan fingerprint density at radius 2 is 1.36 bits per heavy atom. The van der Waals surface area contributed by atoms with Crippen LogP contribution in [0.25, 0.3) is 6.08 Å². The van der Waals surface area contributed by atoms with Crippen molar-refractivity contribution in [2.24, 2.45) is 0 Å². The van der Waals surface area contributed by atoms with E-state index >= 15 is 0 Å². The number of rotatable bonds is 7. The van der Waals surface area contributed by atoms with E-state index in [1.54, 1.807) is 42.5 Å². The Labute approximate surface area is 262 Å². The molecule has 9 heteroatoms. The summed E-state index contributed by atoms with van der Waals surface area (Å²) in [5.41, 5.74) is 3.42. The summed E-state index contributed by atoms with van der Waals surface area (Å²) in [5.74, 6) is -0.506. The monoisotopic (exact) mass is 692 g/mol. The summed E-state index contributed by atoms with van der Waals surface area (Å²) in [6.45, 7) is 3.84. The summed E-state index contributed by atoms with van der Waals surface area (Å²) < 4.78 is 12.4. The molecule has 0 atom stereocenters. The van der Waals surface area contributed by atoms with Crippen molar-refractivity contribution < 1.29 is 23.9 Å². The number of methoxy groups -OCH3 is 1. The minimum absolute atomic E-state index is 0.163. The van der Waals surface area contributed by atoms with Crippen LogP contribution in [0, 0.1) is 17.4 Å². The van der Waals surface area contributed by atoms with Gasteiger partial charge in [-0.1, -0.05) is 66.2 Å². The summed E-state index contributed by atoms with van der Waals surface area (Å²) >= 11 is 8.41. The second kappa shape index (κ2) is 12.4. The fourth-order valence-electron chi connectivity index (χ4n) is 4.68. The van der Waals surface area contributed by atoms with Gasteiger partial charge in [-0.25, -0.2) is 14.6 Å². The number of nitrogens with zero attached hydrogens (tertiary/aromatic N) is 2. The third-order valence-corrected chi connectivity index (χ3v) is 8.02. The molecule has 0 aliphatic carbocycles. The first-order chi connectivity index (χ1) is 20.2. The lowest BCUT2D eigenvalue weighted by Crippen LogP contribution is -2.57. The highest BCUT2D eigenvalue weighted by atomic mass is 127. The van der Waals surface area contributed by atoms with Crippen LogP contribution in [0.15, 0.2) is 90.5 Å². The van der Waals surface area contributed by atoms with Crippen LogP contribution in [0.1, 0.15) is 22.3 Å². The number of ether oxygens (including phenoxy) is 2. The second-order valence-electron chi connectivity index (χ2n) is 9.61. The molecule has 42 heavy (non-hydrogen) atoms. The highest BCUT2D eigenvalue weighted by Crippen LogP contribution is 2.37. The van der Waals surface area contributed by atoms with Crippen LogP contribution in [0.5, 0.6) is 11.5 Å². The molecular formula is C33H26ClIN2O5. The Hall–Kier alpha value is -4.15. The maximum absolute atomic E-state index is 13.9. The van der Waals surface area contributed by atoms with Gasteiger partial charge in [-0.3, -0.25) is 9.59 Å². The maximum Gasteiger partial charge on any atom is 0.343 e. The normalized spacial score (nSPS) is 13.5. The third-order valence-electron chi connectivity index (χ3n) is 6.85. The Morgan fingerprint density at radius 3 is 1.90 bits per heavy atom. The van der Waals surface area contributed by atoms with E-state index in [0.29, 0.717) is 48.2 Å². The van der Waals surface area contributed by atoms with E-state index in [0.717, 1.165) is 15.4 Å². The first-order valence-corrected chi connectivity index (χ1v) is 14.5. The second-order valence-corrected chi connectivity index (χ2v) is 11.2. The molecule has 1 saturated heterocycles. The Morgan fingerprint density at radius 1 is 0.810 bits per heavy atom. The number of anilines is 2. The topological polar surface area (TPSA) is 76.2 Å². The smallest absolute Gasteiger partial charge is 0.343 e. The minimum Gasteiger partial charge on any atom is -0.493 e. The highest BCUT2D eigenvalue weighted by molar-refractivity contribution is 14.1. The zero-order valence-corrected chi connectivity index (χ0v) is 26.0. The molecule has 4 amide bonds. The van der Waals surface area contributed by atoms with Crippen molar-refractivity contribution in [3.63, 3.8) is 0 Å². The quantitative estimate of drug-likeness (QED) is 0.113. The number of halogens is 2. The van der Waals surface area contributed by atoms with E-state index < -0.39 is 17.8 Å². The first kappa shape index (κ1) is 29.3. The number of imide groups is 2. The molecule has 4 aromatic rings. The van der Waals surface area contributed by atoms with Crippen molar-refractivity contribution in [1.29, 1.82) is 0 Å². The SMILES string of the molecule is COc1cc(C=C2C(=O)N(c3ccccc3C)C(=O)N(c3ccccc3C)C2=O)cc(I)c1OCc1ccccc1Cl. The summed E-state index contributed by atoms with van der Waals surface area (Å²) in [6.07, 6.45) is 1.48. The van der Waals surface area contributed by atoms with Crippen LogP contribution in [0.4, 0.5) is 16.2 Å². The van der Waals surface area contributed by atoms with Crippen LogP contribution < -0.4 is 19.3 Å². The van der Waals surface area contributed by atoms with E-state index in [-0.39, 0.29) is 12.2 Å². The van der Waals surface area contributed by atoms with Crippen molar-refractivity contribution in [3.05, 3.63) is 121 Å². The van der Waals surface area contributed by atoms with Crippen molar-refractivity contribution in [2.75, 3.05) is 16.9 Å². The van der Waals surface area contributed by atoms with Gasteiger partial charge in [0.2, 0.25) is 0 Å². The van der Waals surface area contributed by atoms with Gasteiger partial charge in [0.1, 0.15) is 12.2 Å². The number of aryl methyl sites for hydroxylation is 2. The number of barbiturate groups is 1. The lowest BCUT2D eigenvalue weighted by molar-refractivity contribution is -0.121. The van der Waals surface area contributed by atoms with Gasteiger partial charge in [-0.2, -0.15) is 0 Å². The number of carbonyl (C=O) groups excluding carboxylic acids is 3. The molecule has 1 fully saturated rings. The standard InChI is InChI=1S/C33H26ClIN2O5/c1-20-10-4-8-14-27(20)36-31(38)24(32(39)37(33(36)40)28-15-9-5-11-21(28)2)16-22-17-26(35)30(29(18-22)41-3)42-19-23-12-6-7-13-25(23)34/h4-18H,19H2,1-3H3. The fourth-order valence-corrected chi connectivity index (χ4v) is 5.65. The van der Waals surface area contributed by atoms with Gasteiger partial charge in [0.15, 0.2) is 11.5 Å². The van der Waals surface area contributed by atoms with Crippen molar-refractivity contribution in [2.45, 2.75) is 20.5 Å². The molecule has 4 aromatic carbocycles. The zero-order chi connectivity index (χ0) is 30.0. The number of hydrogen-bond acceptors (Lipinski definition) is 5. The molecule has 0 aromatic heterocycles.